The fourth-order valence-electron chi connectivity index (χ4n) is 0.607. The van der Waals surface area contributed by atoms with Crippen molar-refractivity contribution < 1.29 is 15.0 Å². The van der Waals surface area contributed by atoms with E-state index in [1.165, 1.54) is 0 Å². The number of aliphatic hydroxyl groups excluding tert-OH is 2. The van der Waals surface area contributed by atoms with Gasteiger partial charge in [-0.25, -0.2) is 4.79 Å². The van der Waals surface area contributed by atoms with Crippen LogP contribution < -0.4 is 16.4 Å². The van der Waals surface area contributed by atoms with E-state index < -0.39 is 12.1 Å². The van der Waals surface area contributed by atoms with Gasteiger partial charge in [-0.05, 0) is 0 Å². The van der Waals surface area contributed by atoms with Crippen LogP contribution in [0.25, 0.3) is 0 Å². The molecule has 0 aromatic heterocycles. The number of hydrogen-bond donors (Lipinski definition) is 5. The lowest BCUT2D eigenvalue weighted by atomic mass is 10.4. The number of nitrogens with one attached hydrogen (secondary N) is 2. The molecule has 6 nitrogen and oxygen atoms in total. The molecule has 0 spiro atoms. The Balaban J connectivity index is 3.05. The van der Waals surface area contributed by atoms with Gasteiger partial charge in [-0.15, -0.1) is 0 Å². The lowest BCUT2D eigenvalue weighted by Crippen LogP contribution is -2.38. The smallest absolute Gasteiger partial charge is 0.312 e. The van der Waals surface area contributed by atoms with Gasteiger partial charge in [-0.2, -0.15) is 0 Å². The maximum Gasteiger partial charge on any atom is 0.312 e. The van der Waals surface area contributed by atoms with E-state index in [-0.39, 0.29) is 6.61 Å². The van der Waals surface area contributed by atoms with Gasteiger partial charge in [0.15, 0.2) is 0 Å². The molecule has 0 saturated heterocycles. The third kappa shape index (κ3) is 7.26. The molecule has 12 heavy (non-hydrogen) atoms. The van der Waals surface area contributed by atoms with Gasteiger partial charge in [0.25, 0.3) is 0 Å². The van der Waals surface area contributed by atoms with E-state index in [1.807, 2.05) is 0 Å². The number of carbonyl (C=O) groups excluding carboxylic acids is 1. The molecule has 0 fully saturated rings. The second kappa shape index (κ2) is 6.84. The normalized spacial score (nSPS) is 12.5. The molecule has 6 N–H and O–H groups in total. The van der Waals surface area contributed by atoms with Crippen LogP contribution in [-0.2, 0) is 0 Å². The Bertz CT molecular complexity index is 131. The second-order valence-corrected chi connectivity index (χ2v) is 2.33. The van der Waals surface area contributed by atoms with Gasteiger partial charge in [0.1, 0.15) is 0 Å². The summed E-state index contributed by atoms with van der Waals surface area (Å²) in [5, 5.41) is 22.4. The standard InChI is InChI=1S/C6H15N3O3/c7-6(12)9-2-1-8-3-5(11)4-10/h5,8,10-11H,1-4H2,(H3,7,9,12). The molecule has 1 unspecified atom stereocenters. The number of primary amides is 1. The summed E-state index contributed by atoms with van der Waals surface area (Å²) in [4.78, 5) is 10.1. The van der Waals surface area contributed by atoms with Gasteiger partial charge in [-0.1, -0.05) is 0 Å². The summed E-state index contributed by atoms with van der Waals surface area (Å²) in [5.74, 6) is 0. The number of rotatable bonds is 6. The Hall–Kier alpha value is -0.850. The molecule has 0 aromatic carbocycles. The molecule has 0 radical (unpaired) electrons. The third-order valence-electron chi connectivity index (χ3n) is 1.19. The lowest BCUT2D eigenvalue weighted by molar-refractivity contribution is 0.0947. The summed E-state index contributed by atoms with van der Waals surface area (Å²) >= 11 is 0. The molecule has 0 aliphatic carbocycles. The maximum atomic E-state index is 10.1. The zero-order valence-electron chi connectivity index (χ0n) is 6.79. The van der Waals surface area contributed by atoms with Crippen LogP contribution in [0.1, 0.15) is 0 Å². The summed E-state index contributed by atoms with van der Waals surface area (Å²) in [6, 6.07) is -0.570. The molecule has 0 aliphatic heterocycles. The molecular weight excluding hydrogens is 162 g/mol. The Morgan fingerprint density at radius 2 is 2.17 bits per heavy atom. The van der Waals surface area contributed by atoms with Crippen molar-refractivity contribution in [3.8, 4) is 0 Å². The zero-order valence-corrected chi connectivity index (χ0v) is 6.79. The van der Waals surface area contributed by atoms with E-state index in [1.54, 1.807) is 0 Å². The van der Waals surface area contributed by atoms with Crippen LogP contribution in [0.2, 0.25) is 0 Å². The highest BCUT2D eigenvalue weighted by Gasteiger charge is 1.99. The van der Waals surface area contributed by atoms with Crippen molar-refractivity contribution in [1.29, 1.82) is 0 Å². The van der Waals surface area contributed by atoms with E-state index in [2.05, 4.69) is 10.6 Å². The SMILES string of the molecule is NC(=O)NCCNCC(O)CO. The number of hydrogen-bond acceptors (Lipinski definition) is 4. The first-order chi connectivity index (χ1) is 5.66. The quantitative estimate of drug-likeness (QED) is 0.291. The van der Waals surface area contributed by atoms with Gasteiger partial charge >= 0.3 is 6.03 Å². The molecule has 72 valence electrons. The number of nitrogens with two attached hydrogens (primary N) is 1. The van der Waals surface area contributed by atoms with Crippen LogP contribution in [0.5, 0.6) is 0 Å². The second-order valence-electron chi connectivity index (χ2n) is 2.33. The third-order valence-corrected chi connectivity index (χ3v) is 1.19. The van der Waals surface area contributed by atoms with Gasteiger partial charge in [0, 0.05) is 19.6 Å². The lowest BCUT2D eigenvalue weighted by Gasteiger charge is -2.08. The van der Waals surface area contributed by atoms with Crippen molar-refractivity contribution in [3.63, 3.8) is 0 Å². The van der Waals surface area contributed by atoms with Gasteiger partial charge in [0.05, 0.1) is 12.7 Å². The highest BCUT2D eigenvalue weighted by Crippen LogP contribution is 1.74. The van der Waals surface area contributed by atoms with Crippen LogP contribution in [-0.4, -0.2) is 48.6 Å². The molecule has 6 heteroatoms. The zero-order chi connectivity index (χ0) is 9.40. The van der Waals surface area contributed by atoms with Crippen molar-refractivity contribution in [2.24, 2.45) is 5.73 Å². The first-order valence-electron chi connectivity index (χ1n) is 3.69. The van der Waals surface area contributed by atoms with Crippen LogP contribution >= 0.6 is 0 Å². The first-order valence-corrected chi connectivity index (χ1v) is 3.69. The fourth-order valence-corrected chi connectivity index (χ4v) is 0.607. The molecule has 0 aromatic rings. The van der Waals surface area contributed by atoms with E-state index in [4.69, 9.17) is 15.9 Å². The minimum Gasteiger partial charge on any atom is -0.394 e. The molecule has 0 heterocycles. The minimum atomic E-state index is -0.751. The molecule has 0 saturated carbocycles. The van der Waals surface area contributed by atoms with Crippen molar-refractivity contribution in [1.82, 2.24) is 10.6 Å². The van der Waals surface area contributed by atoms with Crippen LogP contribution in [0.4, 0.5) is 4.79 Å². The van der Waals surface area contributed by atoms with Gasteiger partial charge in [0.2, 0.25) is 0 Å². The van der Waals surface area contributed by atoms with E-state index in [0.717, 1.165) is 0 Å². The average Bonchev–Trinajstić information content (AvgIpc) is 2.03. The number of aliphatic hydroxyl groups is 2. The summed E-state index contributed by atoms with van der Waals surface area (Å²) < 4.78 is 0. The molecular formula is C6H15N3O3. The summed E-state index contributed by atoms with van der Waals surface area (Å²) in [7, 11) is 0. The molecule has 0 rings (SSSR count). The van der Waals surface area contributed by atoms with E-state index in [9.17, 15) is 4.79 Å². The molecule has 0 aliphatic rings. The van der Waals surface area contributed by atoms with Crippen molar-refractivity contribution >= 4 is 6.03 Å². The highest BCUT2D eigenvalue weighted by molar-refractivity contribution is 5.71. The van der Waals surface area contributed by atoms with Crippen molar-refractivity contribution in [2.45, 2.75) is 6.10 Å². The van der Waals surface area contributed by atoms with E-state index in [0.29, 0.717) is 19.6 Å². The number of urea groups is 1. The predicted octanol–water partition coefficient (Wildman–Crippen LogP) is -2.40. The topological polar surface area (TPSA) is 108 Å². The van der Waals surface area contributed by atoms with Crippen LogP contribution in [0, 0.1) is 0 Å². The average molecular weight is 177 g/mol. The van der Waals surface area contributed by atoms with Crippen molar-refractivity contribution in [2.75, 3.05) is 26.2 Å². The predicted molar refractivity (Wildman–Crippen MR) is 43.5 cm³/mol. The van der Waals surface area contributed by atoms with Gasteiger partial charge in [-0.3, -0.25) is 0 Å². The number of amides is 2. The Morgan fingerprint density at radius 1 is 1.50 bits per heavy atom. The number of carbonyl (C=O) groups is 1. The summed E-state index contributed by atoms with van der Waals surface area (Å²) in [5.41, 5.74) is 4.79. The van der Waals surface area contributed by atoms with Crippen LogP contribution in [0.15, 0.2) is 0 Å². The molecule has 0 bridgehead atoms. The highest BCUT2D eigenvalue weighted by atomic mass is 16.3. The first kappa shape index (κ1) is 11.2. The largest absolute Gasteiger partial charge is 0.394 e. The fraction of sp³-hybridized carbons (Fsp3) is 0.833. The monoisotopic (exact) mass is 177 g/mol. The van der Waals surface area contributed by atoms with Crippen molar-refractivity contribution in [3.05, 3.63) is 0 Å². The Labute approximate surface area is 70.8 Å². The minimum absolute atomic E-state index is 0.268. The van der Waals surface area contributed by atoms with Crippen LogP contribution in [0.3, 0.4) is 0 Å². The Morgan fingerprint density at radius 3 is 2.67 bits per heavy atom. The van der Waals surface area contributed by atoms with E-state index >= 15 is 0 Å². The van der Waals surface area contributed by atoms with Gasteiger partial charge < -0.3 is 26.6 Å². The Kier molecular flexibility index (Phi) is 6.35. The maximum absolute atomic E-state index is 10.1. The summed E-state index contributed by atoms with van der Waals surface area (Å²) in [6.07, 6.45) is -0.751. The molecule has 1 atom stereocenters. The summed E-state index contributed by atoms with van der Waals surface area (Å²) in [6.45, 7) is 0.959. The molecule has 2 amide bonds.